The SMILES string of the molecule is CC(C)CCC(C)NC(=O)c1ccc(CNC(=O)c2cccs2)cc1. The zero-order chi connectivity index (χ0) is 18.2. The molecule has 1 aromatic heterocycles. The van der Waals surface area contributed by atoms with Crippen LogP contribution >= 0.6 is 11.3 Å². The zero-order valence-corrected chi connectivity index (χ0v) is 15.9. The number of hydrogen-bond acceptors (Lipinski definition) is 3. The van der Waals surface area contributed by atoms with Gasteiger partial charge in [-0.05, 0) is 54.8 Å². The smallest absolute Gasteiger partial charge is 0.261 e. The van der Waals surface area contributed by atoms with Crippen molar-refractivity contribution in [3.8, 4) is 0 Å². The van der Waals surface area contributed by atoms with Crippen molar-refractivity contribution >= 4 is 23.2 Å². The van der Waals surface area contributed by atoms with E-state index in [4.69, 9.17) is 0 Å². The molecule has 0 saturated carbocycles. The second-order valence-corrected chi connectivity index (χ2v) is 7.65. The van der Waals surface area contributed by atoms with Gasteiger partial charge in [-0.3, -0.25) is 9.59 Å². The molecule has 25 heavy (non-hydrogen) atoms. The van der Waals surface area contributed by atoms with Crippen molar-refractivity contribution in [3.05, 3.63) is 57.8 Å². The van der Waals surface area contributed by atoms with E-state index in [1.807, 2.05) is 30.5 Å². The van der Waals surface area contributed by atoms with Crippen LogP contribution in [0.2, 0.25) is 0 Å². The van der Waals surface area contributed by atoms with Gasteiger partial charge in [-0.1, -0.05) is 32.0 Å². The summed E-state index contributed by atoms with van der Waals surface area (Å²) in [4.78, 5) is 24.9. The number of hydrogen-bond donors (Lipinski definition) is 2. The van der Waals surface area contributed by atoms with Gasteiger partial charge in [0.25, 0.3) is 11.8 Å². The van der Waals surface area contributed by atoms with Crippen molar-refractivity contribution in [1.82, 2.24) is 10.6 Å². The summed E-state index contributed by atoms with van der Waals surface area (Å²) in [5.74, 6) is 0.518. The Labute approximate surface area is 153 Å². The summed E-state index contributed by atoms with van der Waals surface area (Å²) in [6.07, 6.45) is 2.08. The van der Waals surface area contributed by atoms with Crippen LogP contribution in [0.5, 0.6) is 0 Å². The fourth-order valence-corrected chi connectivity index (χ4v) is 3.05. The fraction of sp³-hybridized carbons (Fsp3) is 0.400. The molecule has 1 aromatic carbocycles. The molecule has 2 amide bonds. The topological polar surface area (TPSA) is 58.2 Å². The molecule has 0 bridgehead atoms. The molecule has 1 atom stereocenters. The number of nitrogens with one attached hydrogen (secondary N) is 2. The third kappa shape index (κ3) is 6.35. The van der Waals surface area contributed by atoms with Gasteiger partial charge >= 0.3 is 0 Å². The van der Waals surface area contributed by atoms with Gasteiger partial charge in [-0.25, -0.2) is 0 Å². The number of carbonyl (C=O) groups excluding carboxylic acids is 2. The monoisotopic (exact) mass is 358 g/mol. The molecule has 0 spiro atoms. The third-order valence-corrected chi connectivity index (χ3v) is 4.84. The number of thiophene rings is 1. The van der Waals surface area contributed by atoms with Crippen LogP contribution in [0, 0.1) is 5.92 Å². The van der Waals surface area contributed by atoms with Gasteiger partial charge in [-0.2, -0.15) is 0 Å². The molecular weight excluding hydrogens is 332 g/mol. The molecule has 2 N–H and O–H groups in total. The maximum Gasteiger partial charge on any atom is 0.261 e. The van der Waals surface area contributed by atoms with Gasteiger partial charge in [-0.15, -0.1) is 11.3 Å². The minimum Gasteiger partial charge on any atom is -0.350 e. The highest BCUT2D eigenvalue weighted by molar-refractivity contribution is 7.12. The van der Waals surface area contributed by atoms with Crippen molar-refractivity contribution in [2.24, 2.45) is 5.92 Å². The van der Waals surface area contributed by atoms with Crippen LogP contribution in [0.25, 0.3) is 0 Å². The van der Waals surface area contributed by atoms with E-state index in [1.165, 1.54) is 11.3 Å². The van der Waals surface area contributed by atoms with Crippen LogP contribution in [0.1, 0.15) is 59.2 Å². The molecule has 0 aliphatic rings. The highest BCUT2D eigenvalue weighted by atomic mass is 32.1. The summed E-state index contributed by atoms with van der Waals surface area (Å²) in [5.41, 5.74) is 1.61. The Kier molecular flexibility index (Phi) is 7.19. The Morgan fingerprint density at radius 2 is 1.72 bits per heavy atom. The second-order valence-electron chi connectivity index (χ2n) is 6.70. The van der Waals surface area contributed by atoms with Crippen molar-refractivity contribution in [3.63, 3.8) is 0 Å². The van der Waals surface area contributed by atoms with Crippen LogP contribution in [0.15, 0.2) is 41.8 Å². The number of rotatable bonds is 8. The van der Waals surface area contributed by atoms with Crippen LogP contribution in [0.3, 0.4) is 0 Å². The molecule has 134 valence electrons. The summed E-state index contributed by atoms with van der Waals surface area (Å²) in [5, 5.41) is 7.79. The van der Waals surface area contributed by atoms with E-state index >= 15 is 0 Å². The van der Waals surface area contributed by atoms with Gasteiger partial charge in [0.2, 0.25) is 0 Å². The molecule has 0 aliphatic heterocycles. The Balaban J connectivity index is 1.82. The van der Waals surface area contributed by atoms with E-state index in [2.05, 4.69) is 24.5 Å². The largest absolute Gasteiger partial charge is 0.350 e. The quantitative estimate of drug-likeness (QED) is 0.742. The Bertz CT molecular complexity index is 678. The standard InChI is InChI=1S/C20H26N2O2S/c1-14(2)6-7-15(3)22-19(23)17-10-8-16(9-11-17)13-21-20(24)18-5-4-12-25-18/h4-5,8-12,14-15H,6-7,13H2,1-3H3,(H,21,24)(H,22,23). The van der Waals surface area contributed by atoms with Crippen LogP contribution in [-0.2, 0) is 6.54 Å². The first kappa shape index (κ1) is 19.2. The number of carbonyl (C=O) groups is 2. The summed E-state index contributed by atoms with van der Waals surface area (Å²) in [7, 11) is 0. The summed E-state index contributed by atoms with van der Waals surface area (Å²) < 4.78 is 0. The summed E-state index contributed by atoms with van der Waals surface area (Å²) in [6, 6.07) is 11.2. The van der Waals surface area contributed by atoms with Gasteiger partial charge in [0.15, 0.2) is 0 Å². The molecule has 1 unspecified atom stereocenters. The van der Waals surface area contributed by atoms with Gasteiger partial charge in [0.05, 0.1) is 4.88 Å². The molecule has 0 aliphatic carbocycles. The number of amides is 2. The van der Waals surface area contributed by atoms with Crippen molar-refractivity contribution in [2.45, 2.75) is 46.2 Å². The molecule has 2 aromatic rings. The Morgan fingerprint density at radius 3 is 2.32 bits per heavy atom. The number of benzene rings is 1. The van der Waals surface area contributed by atoms with E-state index < -0.39 is 0 Å². The molecule has 0 radical (unpaired) electrons. The van der Waals surface area contributed by atoms with E-state index in [-0.39, 0.29) is 17.9 Å². The lowest BCUT2D eigenvalue weighted by Gasteiger charge is -2.15. The molecule has 5 heteroatoms. The zero-order valence-electron chi connectivity index (χ0n) is 15.0. The molecule has 0 fully saturated rings. The first-order valence-corrected chi connectivity index (χ1v) is 9.55. The third-order valence-electron chi connectivity index (χ3n) is 3.97. The first-order valence-electron chi connectivity index (χ1n) is 8.67. The predicted molar refractivity (Wildman–Crippen MR) is 103 cm³/mol. The summed E-state index contributed by atoms with van der Waals surface area (Å²) in [6.45, 7) is 6.85. The van der Waals surface area contributed by atoms with Crippen molar-refractivity contribution in [1.29, 1.82) is 0 Å². The predicted octanol–water partition coefficient (Wildman–Crippen LogP) is 4.23. The summed E-state index contributed by atoms with van der Waals surface area (Å²) >= 11 is 1.42. The minimum absolute atomic E-state index is 0.0505. The van der Waals surface area contributed by atoms with Gasteiger partial charge < -0.3 is 10.6 Å². The molecule has 0 saturated heterocycles. The van der Waals surface area contributed by atoms with E-state index in [9.17, 15) is 9.59 Å². The average molecular weight is 359 g/mol. The lowest BCUT2D eigenvalue weighted by Crippen LogP contribution is -2.32. The lowest BCUT2D eigenvalue weighted by molar-refractivity contribution is 0.0933. The average Bonchev–Trinajstić information content (AvgIpc) is 3.13. The van der Waals surface area contributed by atoms with Crippen LogP contribution in [-0.4, -0.2) is 17.9 Å². The highest BCUT2D eigenvalue weighted by Gasteiger charge is 2.11. The van der Waals surface area contributed by atoms with E-state index in [0.29, 0.717) is 22.9 Å². The molecule has 4 nitrogen and oxygen atoms in total. The molecule has 2 rings (SSSR count). The van der Waals surface area contributed by atoms with E-state index in [0.717, 1.165) is 18.4 Å². The maximum absolute atomic E-state index is 12.3. The maximum atomic E-state index is 12.3. The molecular formula is C20H26N2O2S. The lowest BCUT2D eigenvalue weighted by atomic mass is 10.0. The highest BCUT2D eigenvalue weighted by Crippen LogP contribution is 2.10. The minimum atomic E-state index is -0.0733. The van der Waals surface area contributed by atoms with Crippen molar-refractivity contribution in [2.75, 3.05) is 0 Å². The second kappa shape index (κ2) is 9.37. The Morgan fingerprint density at radius 1 is 1.00 bits per heavy atom. The van der Waals surface area contributed by atoms with Crippen LogP contribution < -0.4 is 10.6 Å². The Hall–Kier alpha value is -2.14. The van der Waals surface area contributed by atoms with Crippen LogP contribution in [0.4, 0.5) is 0 Å². The van der Waals surface area contributed by atoms with Gasteiger partial charge in [0, 0.05) is 18.2 Å². The first-order chi connectivity index (χ1) is 12.0. The van der Waals surface area contributed by atoms with Crippen molar-refractivity contribution < 1.29 is 9.59 Å². The van der Waals surface area contributed by atoms with E-state index in [1.54, 1.807) is 18.2 Å². The molecule has 1 heterocycles. The fourth-order valence-electron chi connectivity index (χ4n) is 2.41. The normalized spacial score (nSPS) is 12.0. The van der Waals surface area contributed by atoms with Gasteiger partial charge in [0.1, 0.15) is 0 Å².